The number of amidine groups is 2. The summed E-state index contributed by atoms with van der Waals surface area (Å²) < 4.78 is 1.41. The first-order chi connectivity index (χ1) is 18.5. The second kappa shape index (κ2) is 8.97. The smallest absolute Gasteiger partial charge is 0.259 e. The van der Waals surface area contributed by atoms with Crippen molar-refractivity contribution in [3.63, 3.8) is 0 Å². The quantitative estimate of drug-likeness (QED) is 0.350. The molecule has 2 aliphatic heterocycles. The number of aliphatic imine (C=N–C) groups is 2. The number of carbonyl (C=O) groups excluding carboxylic acids is 1. The van der Waals surface area contributed by atoms with Crippen LogP contribution >= 0.6 is 23.4 Å². The van der Waals surface area contributed by atoms with Crippen LogP contribution in [0.2, 0.25) is 5.02 Å². The average Bonchev–Trinajstić information content (AvgIpc) is 3.49. The highest BCUT2D eigenvalue weighted by atomic mass is 35.5. The average molecular weight is 539 g/mol. The van der Waals surface area contributed by atoms with E-state index in [1.54, 1.807) is 23.2 Å². The van der Waals surface area contributed by atoms with Gasteiger partial charge in [-0.25, -0.2) is 14.9 Å². The third kappa shape index (κ3) is 3.82. The van der Waals surface area contributed by atoms with Crippen molar-refractivity contribution in [1.29, 1.82) is 0 Å². The van der Waals surface area contributed by atoms with Gasteiger partial charge in [-0.05, 0) is 35.9 Å². The highest BCUT2D eigenvalue weighted by Crippen LogP contribution is 2.35. The fraction of sp³-hybridized carbons (Fsp3) is 0.107. The van der Waals surface area contributed by atoms with Crippen LogP contribution in [-0.4, -0.2) is 42.2 Å². The fourth-order valence-electron chi connectivity index (χ4n) is 4.88. The summed E-state index contributed by atoms with van der Waals surface area (Å²) in [7, 11) is 0. The number of hydrogen-bond donors (Lipinski definition) is 1. The van der Waals surface area contributed by atoms with Crippen LogP contribution in [-0.2, 0) is 17.0 Å². The van der Waals surface area contributed by atoms with Gasteiger partial charge in [0.25, 0.3) is 11.5 Å². The van der Waals surface area contributed by atoms with Crippen molar-refractivity contribution >= 4 is 62.5 Å². The minimum absolute atomic E-state index is 0.118. The highest BCUT2D eigenvalue weighted by molar-refractivity contribution is 8.13. The summed E-state index contributed by atoms with van der Waals surface area (Å²) in [5, 5.41) is 2.07. The lowest BCUT2D eigenvalue weighted by molar-refractivity contribution is -0.124. The zero-order chi connectivity index (χ0) is 25.8. The van der Waals surface area contributed by atoms with Gasteiger partial charge < -0.3 is 4.98 Å². The van der Waals surface area contributed by atoms with Gasteiger partial charge in [-0.3, -0.25) is 19.0 Å². The van der Waals surface area contributed by atoms with Gasteiger partial charge in [-0.1, -0.05) is 53.7 Å². The third-order valence-corrected chi connectivity index (χ3v) is 7.86. The Labute approximate surface area is 225 Å². The Morgan fingerprint density at radius 2 is 1.87 bits per heavy atom. The van der Waals surface area contributed by atoms with Gasteiger partial charge in [-0.15, -0.1) is 0 Å². The number of H-pyrrole nitrogens is 1. The molecule has 1 atom stereocenters. The number of aromatic amines is 1. The van der Waals surface area contributed by atoms with Crippen LogP contribution in [0.1, 0.15) is 16.8 Å². The van der Waals surface area contributed by atoms with Crippen LogP contribution < -0.4 is 5.56 Å². The summed E-state index contributed by atoms with van der Waals surface area (Å²) in [6.45, 7) is 0. The van der Waals surface area contributed by atoms with E-state index >= 15 is 0 Å². The number of thioether (sulfide) groups is 1. The number of aromatic nitrogens is 3. The molecule has 8 nitrogen and oxygen atoms in total. The Bertz CT molecular complexity index is 1890. The summed E-state index contributed by atoms with van der Waals surface area (Å²) in [5.41, 5.74) is 4.53. The molecule has 2 aliphatic rings. The summed E-state index contributed by atoms with van der Waals surface area (Å²) in [6.07, 6.45) is 3.98. The molecule has 0 saturated carbocycles. The van der Waals surface area contributed by atoms with Gasteiger partial charge in [0.15, 0.2) is 5.17 Å². The van der Waals surface area contributed by atoms with Crippen LogP contribution in [0.3, 0.4) is 0 Å². The second-order valence-electron chi connectivity index (χ2n) is 9.07. The predicted molar refractivity (Wildman–Crippen MR) is 150 cm³/mol. The van der Waals surface area contributed by atoms with E-state index in [2.05, 4.69) is 9.97 Å². The first kappa shape index (κ1) is 22.9. The maximum Gasteiger partial charge on any atom is 0.259 e. The third-order valence-electron chi connectivity index (χ3n) is 6.66. The number of halogens is 1. The van der Waals surface area contributed by atoms with Crippen molar-refractivity contribution in [1.82, 2.24) is 19.3 Å². The summed E-state index contributed by atoms with van der Waals surface area (Å²) >= 11 is 7.39. The van der Waals surface area contributed by atoms with E-state index in [0.717, 1.165) is 27.7 Å². The molecule has 0 spiro atoms. The number of pyridine rings is 1. The molecule has 0 fully saturated rings. The Morgan fingerprint density at radius 1 is 1.03 bits per heavy atom. The van der Waals surface area contributed by atoms with Crippen molar-refractivity contribution in [2.45, 2.75) is 18.2 Å². The van der Waals surface area contributed by atoms with Crippen molar-refractivity contribution in [3.8, 4) is 0 Å². The molecule has 0 radical (unpaired) electrons. The van der Waals surface area contributed by atoms with Crippen molar-refractivity contribution in [3.05, 3.63) is 111 Å². The molecule has 38 heavy (non-hydrogen) atoms. The Balaban J connectivity index is 1.21. The molecule has 1 amide bonds. The number of amides is 1. The first-order valence-electron chi connectivity index (χ1n) is 12.0. The number of nitrogens with one attached hydrogen (secondary N) is 1. The number of hydrogen-bond acceptors (Lipinski definition) is 6. The number of fused-ring (bicyclic) bond motifs is 5. The lowest BCUT2D eigenvalue weighted by atomic mass is 10.1. The van der Waals surface area contributed by atoms with E-state index in [1.807, 2.05) is 54.7 Å². The van der Waals surface area contributed by atoms with Gasteiger partial charge in [0.05, 0.1) is 16.4 Å². The Morgan fingerprint density at radius 3 is 2.79 bits per heavy atom. The summed E-state index contributed by atoms with van der Waals surface area (Å²) in [4.78, 5) is 45.5. The second-order valence-corrected chi connectivity index (χ2v) is 10.4. The monoisotopic (exact) mass is 538 g/mol. The lowest BCUT2D eigenvalue weighted by Gasteiger charge is -2.25. The molecule has 5 heterocycles. The molecule has 0 aliphatic carbocycles. The molecule has 5 aromatic rings. The fourth-order valence-corrected chi connectivity index (χ4v) is 5.93. The van der Waals surface area contributed by atoms with E-state index in [1.165, 1.54) is 22.2 Å². The number of rotatable bonds is 4. The van der Waals surface area contributed by atoms with E-state index in [0.29, 0.717) is 39.5 Å². The minimum atomic E-state index is -0.561. The molecule has 0 unspecified atom stereocenters. The number of nitrogens with zero attached hydrogens (tertiary/aromatic N) is 5. The maximum absolute atomic E-state index is 13.7. The number of carbonyl (C=O) groups is 1. The zero-order valence-electron chi connectivity index (χ0n) is 19.8. The van der Waals surface area contributed by atoms with Crippen LogP contribution in [0.5, 0.6) is 0 Å². The van der Waals surface area contributed by atoms with E-state index in [4.69, 9.17) is 21.6 Å². The van der Waals surface area contributed by atoms with Crippen LogP contribution in [0.25, 0.3) is 16.6 Å². The molecular weight excluding hydrogens is 520 g/mol. The molecule has 3 aromatic heterocycles. The molecule has 0 saturated heterocycles. The van der Waals surface area contributed by atoms with Crippen LogP contribution in [0.15, 0.2) is 93.9 Å². The topological polar surface area (TPSA) is 95.2 Å². The van der Waals surface area contributed by atoms with Gasteiger partial charge in [0, 0.05) is 47.1 Å². The number of benzene rings is 2. The van der Waals surface area contributed by atoms with Crippen LogP contribution in [0, 0.1) is 0 Å². The van der Waals surface area contributed by atoms with Gasteiger partial charge in [0.1, 0.15) is 17.5 Å². The van der Waals surface area contributed by atoms with Crippen LogP contribution in [0.4, 0.5) is 5.69 Å². The summed E-state index contributed by atoms with van der Waals surface area (Å²) in [6, 6.07) is 20.0. The maximum atomic E-state index is 13.7. The van der Waals surface area contributed by atoms with E-state index < -0.39 is 6.04 Å². The van der Waals surface area contributed by atoms with E-state index in [9.17, 15) is 9.59 Å². The van der Waals surface area contributed by atoms with Gasteiger partial charge in [0.2, 0.25) is 0 Å². The Hall–Kier alpha value is -4.21. The van der Waals surface area contributed by atoms with E-state index in [-0.39, 0.29) is 11.5 Å². The molecule has 1 N–H and O–H groups in total. The zero-order valence-corrected chi connectivity index (χ0v) is 21.4. The van der Waals surface area contributed by atoms with Crippen molar-refractivity contribution in [2.24, 2.45) is 9.98 Å². The SMILES string of the molecule is O=C1[C@H](Cc2c[nH]c3ccccc23)N=C2c3ccccc3N=C(SCc3cc(=O)n4cc(Cl)ccc4n3)N12. The largest absolute Gasteiger partial charge is 0.361 e. The predicted octanol–water partition coefficient (Wildman–Crippen LogP) is 4.96. The standard InChI is InChI=1S/C28H19ClN6O2S/c29-17-9-10-24-31-18(12-25(36)34(24)14-17)15-38-28-33-22-8-4-2-6-20(22)26-32-23(27(37)35(26)28)11-16-13-30-21-7-3-1-5-19(16)21/h1-10,12-14,23,30H,11,15H2/t23-/m0/s1. The summed E-state index contributed by atoms with van der Waals surface area (Å²) in [5.74, 6) is 0.848. The lowest BCUT2D eigenvalue weighted by Crippen LogP contribution is -2.41. The minimum Gasteiger partial charge on any atom is -0.361 e. The molecule has 186 valence electrons. The van der Waals surface area contributed by atoms with Gasteiger partial charge >= 0.3 is 0 Å². The number of para-hydroxylation sites is 2. The molecule has 7 rings (SSSR count). The molecule has 2 aromatic carbocycles. The van der Waals surface area contributed by atoms with Gasteiger partial charge in [-0.2, -0.15) is 0 Å². The van der Waals surface area contributed by atoms with Crippen molar-refractivity contribution in [2.75, 3.05) is 0 Å². The Kier molecular flexibility index (Phi) is 5.41. The van der Waals surface area contributed by atoms with Crippen molar-refractivity contribution < 1.29 is 4.79 Å². The molecule has 10 heteroatoms. The molecule has 0 bridgehead atoms. The first-order valence-corrected chi connectivity index (χ1v) is 13.4. The highest BCUT2D eigenvalue weighted by Gasteiger charge is 2.41. The normalized spacial score (nSPS) is 16.5. The molecular formula is C28H19ClN6O2S.